The van der Waals surface area contributed by atoms with Gasteiger partial charge in [-0.1, -0.05) is 32.0 Å². The first kappa shape index (κ1) is 17.5. The van der Waals surface area contributed by atoms with Gasteiger partial charge in [-0.3, -0.25) is 9.59 Å². The average molecular weight is 341 g/mol. The number of carbonyl (C=O) groups excluding carboxylic acids is 2. The van der Waals surface area contributed by atoms with E-state index in [1.165, 1.54) is 0 Å². The van der Waals surface area contributed by atoms with Gasteiger partial charge >= 0.3 is 0 Å². The van der Waals surface area contributed by atoms with Crippen molar-refractivity contribution in [3.05, 3.63) is 36.0 Å². The zero-order valence-electron chi connectivity index (χ0n) is 15.0. The van der Waals surface area contributed by atoms with E-state index in [2.05, 4.69) is 15.6 Å². The molecule has 0 unspecified atom stereocenters. The fraction of sp³-hybridized carbons (Fsp3) is 0.500. The fourth-order valence-electron chi connectivity index (χ4n) is 3.21. The van der Waals surface area contributed by atoms with Crippen molar-refractivity contribution >= 4 is 22.7 Å². The number of benzene rings is 1. The minimum absolute atomic E-state index is 0.0270. The molecule has 25 heavy (non-hydrogen) atoms. The summed E-state index contributed by atoms with van der Waals surface area (Å²) < 4.78 is 0. The van der Waals surface area contributed by atoms with E-state index in [9.17, 15) is 9.59 Å². The van der Waals surface area contributed by atoms with Crippen LogP contribution in [-0.2, 0) is 16.0 Å². The zero-order chi connectivity index (χ0) is 17.8. The Bertz CT molecular complexity index is 744. The van der Waals surface area contributed by atoms with Crippen molar-refractivity contribution in [3.8, 4) is 0 Å². The van der Waals surface area contributed by atoms with Crippen LogP contribution in [-0.4, -0.2) is 28.9 Å². The summed E-state index contributed by atoms with van der Waals surface area (Å²) in [5.41, 5.74) is 2.10. The summed E-state index contributed by atoms with van der Waals surface area (Å²) in [7, 11) is 0. The SMILES string of the molecule is CCC(CC)C(=O)N[C@@H](Cc1c[nH]c2ccccc12)C(=O)NC1CC1. The third kappa shape index (κ3) is 4.21. The molecule has 134 valence electrons. The van der Waals surface area contributed by atoms with Gasteiger partial charge in [-0.25, -0.2) is 0 Å². The molecular weight excluding hydrogens is 314 g/mol. The Morgan fingerprint density at radius 3 is 2.56 bits per heavy atom. The summed E-state index contributed by atoms with van der Waals surface area (Å²) in [6, 6.07) is 7.77. The molecule has 0 radical (unpaired) electrons. The van der Waals surface area contributed by atoms with E-state index in [0.717, 1.165) is 42.1 Å². The maximum absolute atomic E-state index is 12.7. The lowest BCUT2D eigenvalue weighted by Crippen LogP contribution is -2.50. The number of H-pyrrole nitrogens is 1. The number of aromatic nitrogens is 1. The number of hydrogen-bond donors (Lipinski definition) is 3. The van der Waals surface area contributed by atoms with Crippen molar-refractivity contribution < 1.29 is 9.59 Å². The van der Waals surface area contributed by atoms with Crippen LogP contribution in [0.3, 0.4) is 0 Å². The Morgan fingerprint density at radius 2 is 1.88 bits per heavy atom. The molecule has 1 fully saturated rings. The van der Waals surface area contributed by atoms with Gasteiger partial charge in [0.05, 0.1) is 0 Å². The Morgan fingerprint density at radius 1 is 1.16 bits per heavy atom. The van der Waals surface area contributed by atoms with Gasteiger partial charge in [-0.2, -0.15) is 0 Å². The van der Waals surface area contributed by atoms with Crippen LogP contribution >= 0.6 is 0 Å². The lowest BCUT2D eigenvalue weighted by Gasteiger charge is -2.21. The van der Waals surface area contributed by atoms with Gasteiger partial charge in [0.2, 0.25) is 11.8 Å². The Hall–Kier alpha value is -2.30. The zero-order valence-corrected chi connectivity index (χ0v) is 15.0. The van der Waals surface area contributed by atoms with Gasteiger partial charge < -0.3 is 15.6 Å². The van der Waals surface area contributed by atoms with E-state index >= 15 is 0 Å². The van der Waals surface area contributed by atoms with Gasteiger partial charge in [0.1, 0.15) is 6.04 Å². The van der Waals surface area contributed by atoms with Crippen molar-refractivity contribution in [2.75, 3.05) is 0 Å². The summed E-state index contributed by atoms with van der Waals surface area (Å²) in [6.07, 6.45) is 6.07. The monoisotopic (exact) mass is 341 g/mol. The molecule has 3 N–H and O–H groups in total. The van der Waals surface area contributed by atoms with E-state index in [1.807, 2.05) is 44.3 Å². The predicted octanol–water partition coefficient (Wildman–Crippen LogP) is 2.91. The number of para-hydroxylation sites is 1. The fourth-order valence-corrected chi connectivity index (χ4v) is 3.21. The molecule has 5 nitrogen and oxygen atoms in total. The molecule has 0 aliphatic heterocycles. The second kappa shape index (κ2) is 7.72. The number of nitrogens with one attached hydrogen (secondary N) is 3. The number of fused-ring (bicyclic) bond motifs is 1. The molecule has 2 amide bonds. The summed E-state index contributed by atoms with van der Waals surface area (Å²) in [4.78, 5) is 28.4. The highest BCUT2D eigenvalue weighted by Gasteiger charge is 2.30. The smallest absolute Gasteiger partial charge is 0.243 e. The van der Waals surface area contributed by atoms with Crippen molar-refractivity contribution in [2.45, 2.75) is 58.0 Å². The molecular formula is C20H27N3O2. The van der Waals surface area contributed by atoms with Crippen LogP contribution in [0.25, 0.3) is 10.9 Å². The molecule has 5 heteroatoms. The van der Waals surface area contributed by atoms with Gasteiger partial charge in [-0.05, 0) is 37.3 Å². The molecule has 2 aromatic rings. The number of aromatic amines is 1. The number of amides is 2. The van der Waals surface area contributed by atoms with Crippen molar-refractivity contribution in [1.29, 1.82) is 0 Å². The molecule has 1 aromatic heterocycles. The quantitative estimate of drug-likeness (QED) is 0.691. The second-order valence-electron chi connectivity index (χ2n) is 6.92. The van der Waals surface area contributed by atoms with Crippen molar-refractivity contribution in [2.24, 2.45) is 5.92 Å². The van der Waals surface area contributed by atoms with Gasteiger partial charge in [0.15, 0.2) is 0 Å². The molecule has 1 saturated carbocycles. The lowest BCUT2D eigenvalue weighted by atomic mass is 10.00. The van der Waals surface area contributed by atoms with E-state index in [1.54, 1.807) is 0 Å². The predicted molar refractivity (Wildman–Crippen MR) is 99.2 cm³/mol. The van der Waals surface area contributed by atoms with Gasteiger partial charge in [-0.15, -0.1) is 0 Å². The topological polar surface area (TPSA) is 74.0 Å². The largest absolute Gasteiger partial charge is 0.361 e. The molecule has 1 aliphatic carbocycles. The maximum atomic E-state index is 12.7. The minimum Gasteiger partial charge on any atom is -0.361 e. The number of hydrogen-bond acceptors (Lipinski definition) is 2. The summed E-state index contributed by atoms with van der Waals surface area (Å²) in [5, 5.41) is 7.12. The summed E-state index contributed by atoms with van der Waals surface area (Å²) in [5.74, 6) is -0.146. The minimum atomic E-state index is -0.534. The summed E-state index contributed by atoms with van der Waals surface area (Å²) >= 11 is 0. The molecule has 0 saturated heterocycles. The molecule has 1 atom stereocenters. The molecule has 0 bridgehead atoms. The van der Waals surface area contributed by atoms with Crippen LogP contribution in [0.1, 0.15) is 45.1 Å². The Labute approximate surface area is 148 Å². The first-order valence-corrected chi connectivity index (χ1v) is 9.28. The first-order chi connectivity index (χ1) is 12.1. The van der Waals surface area contributed by atoms with Crippen LogP contribution in [0.4, 0.5) is 0 Å². The molecule has 3 rings (SSSR count). The highest BCUT2D eigenvalue weighted by Crippen LogP contribution is 2.21. The highest BCUT2D eigenvalue weighted by molar-refractivity contribution is 5.90. The summed E-state index contributed by atoms with van der Waals surface area (Å²) in [6.45, 7) is 4.01. The Balaban J connectivity index is 1.77. The number of carbonyl (C=O) groups is 2. The van der Waals surface area contributed by atoms with E-state index in [-0.39, 0.29) is 23.8 Å². The molecule has 0 spiro atoms. The van der Waals surface area contributed by atoms with Crippen LogP contribution in [0.5, 0.6) is 0 Å². The van der Waals surface area contributed by atoms with E-state index in [0.29, 0.717) is 6.42 Å². The van der Waals surface area contributed by atoms with Gasteiger partial charge in [0.25, 0.3) is 0 Å². The standard InChI is InChI=1S/C20H27N3O2/c1-3-13(4-2)19(24)23-18(20(25)22-15-9-10-15)11-14-12-21-17-8-6-5-7-16(14)17/h5-8,12-13,15,18,21H,3-4,9-11H2,1-2H3,(H,22,25)(H,23,24)/t18-/m0/s1. The Kier molecular flexibility index (Phi) is 5.41. The van der Waals surface area contributed by atoms with Crippen molar-refractivity contribution in [3.63, 3.8) is 0 Å². The van der Waals surface area contributed by atoms with E-state index in [4.69, 9.17) is 0 Å². The third-order valence-electron chi connectivity index (χ3n) is 5.01. The van der Waals surface area contributed by atoms with Crippen LogP contribution in [0, 0.1) is 5.92 Å². The molecule has 1 aliphatic rings. The third-order valence-corrected chi connectivity index (χ3v) is 5.01. The maximum Gasteiger partial charge on any atom is 0.243 e. The number of rotatable bonds is 8. The van der Waals surface area contributed by atoms with E-state index < -0.39 is 6.04 Å². The average Bonchev–Trinajstić information content (AvgIpc) is 3.34. The second-order valence-corrected chi connectivity index (χ2v) is 6.92. The normalized spacial score (nSPS) is 15.3. The highest BCUT2D eigenvalue weighted by atomic mass is 16.2. The lowest BCUT2D eigenvalue weighted by molar-refractivity contribution is -0.131. The molecule has 1 heterocycles. The first-order valence-electron chi connectivity index (χ1n) is 9.28. The van der Waals surface area contributed by atoms with Crippen LogP contribution in [0.2, 0.25) is 0 Å². The molecule has 1 aromatic carbocycles. The van der Waals surface area contributed by atoms with Crippen LogP contribution in [0.15, 0.2) is 30.5 Å². The van der Waals surface area contributed by atoms with Crippen LogP contribution < -0.4 is 10.6 Å². The van der Waals surface area contributed by atoms with Gasteiger partial charge in [0, 0.05) is 35.5 Å². The van der Waals surface area contributed by atoms with Crippen molar-refractivity contribution in [1.82, 2.24) is 15.6 Å².